The SMILES string of the molecule is CC(C)(C)OC(=O)NCCCn1cc(CCO)nn1. The van der Waals surface area contributed by atoms with Gasteiger partial charge in [0.25, 0.3) is 0 Å². The first kappa shape index (κ1) is 15.4. The summed E-state index contributed by atoms with van der Waals surface area (Å²) in [6.07, 6.45) is 2.63. The number of aliphatic hydroxyl groups excluding tert-OH is 1. The summed E-state index contributed by atoms with van der Waals surface area (Å²) in [5.74, 6) is 0. The number of aliphatic hydroxyl groups is 1. The zero-order valence-electron chi connectivity index (χ0n) is 11.7. The quantitative estimate of drug-likeness (QED) is 0.744. The average molecular weight is 270 g/mol. The standard InChI is InChI=1S/C12H22N4O3/c1-12(2,3)19-11(18)13-6-4-7-16-9-10(5-8-17)14-15-16/h9,17H,4-8H2,1-3H3,(H,13,18). The van der Waals surface area contributed by atoms with Crippen molar-refractivity contribution >= 4 is 6.09 Å². The van der Waals surface area contributed by atoms with E-state index in [1.54, 1.807) is 10.9 Å². The maximum atomic E-state index is 11.4. The molecule has 1 aromatic rings. The number of nitrogens with one attached hydrogen (secondary N) is 1. The molecule has 0 aromatic carbocycles. The van der Waals surface area contributed by atoms with Crippen molar-refractivity contribution in [3.8, 4) is 0 Å². The molecule has 0 aliphatic rings. The minimum absolute atomic E-state index is 0.0683. The van der Waals surface area contributed by atoms with Crippen molar-refractivity contribution in [2.45, 2.75) is 45.8 Å². The van der Waals surface area contributed by atoms with Crippen LogP contribution in [-0.2, 0) is 17.7 Å². The van der Waals surface area contributed by atoms with Gasteiger partial charge in [-0.1, -0.05) is 5.21 Å². The molecular weight excluding hydrogens is 248 g/mol. The van der Waals surface area contributed by atoms with E-state index in [2.05, 4.69) is 15.6 Å². The van der Waals surface area contributed by atoms with Crippen LogP contribution in [0.25, 0.3) is 0 Å². The van der Waals surface area contributed by atoms with E-state index in [-0.39, 0.29) is 6.61 Å². The van der Waals surface area contributed by atoms with Crippen LogP contribution in [0.1, 0.15) is 32.9 Å². The lowest BCUT2D eigenvalue weighted by Gasteiger charge is -2.19. The first-order valence-corrected chi connectivity index (χ1v) is 6.37. The number of carbonyl (C=O) groups is 1. The average Bonchev–Trinajstić information content (AvgIpc) is 2.70. The Bertz CT molecular complexity index is 398. The van der Waals surface area contributed by atoms with Crippen molar-refractivity contribution in [3.63, 3.8) is 0 Å². The highest BCUT2D eigenvalue weighted by atomic mass is 16.6. The zero-order valence-corrected chi connectivity index (χ0v) is 11.7. The second-order valence-electron chi connectivity index (χ2n) is 5.23. The van der Waals surface area contributed by atoms with Gasteiger partial charge in [-0.2, -0.15) is 0 Å². The van der Waals surface area contributed by atoms with Gasteiger partial charge >= 0.3 is 6.09 Å². The van der Waals surface area contributed by atoms with Crippen molar-refractivity contribution < 1.29 is 14.6 Å². The van der Waals surface area contributed by atoms with E-state index in [9.17, 15) is 4.79 Å². The van der Waals surface area contributed by atoms with E-state index in [1.807, 2.05) is 20.8 Å². The Balaban J connectivity index is 2.18. The smallest absolute Gasteiger partial charge is 0.407 e. The normalized spacial score (nSPS) is 11.4. The summed E-state index contributed by atoms with van der Waals surface area (Å²) in [4.78, 5) is 11.4. The highest BCUT2D eigenvalue weighted by Crippen LogP contribution is 2.06. The highest BCUT2D eigenvalue weighted by Gasteiger charge is 2.15. The predicted octanol–water partition coefficient (Wildman–Crippen LogP) is 0.728. The van der Waals surface area contributed by atoms with Crippen molar-refractivity contribution in [2.24, 2.45) is 0 Å². The van der Waals surface area contributed by atoms with E-state index in [0.717, 1.165) is 12.1 Å². The second kappa shape index (κ2) is 7.08. The summed E-state index contributed by atoms with van der Waals surface area (Å²) in [6.45, 7) is 6.72. The van der Waals surface area contributed by atoms with E-state index < -0.39 is 11.7 Å². The number of hydrogen-bond donors (Lipinski definition) is 2. The molecule has 0 aliphatic carbocycles. The topological polar surface area (TPSA) is 89.3 Å². The van der Waals surface area contributed by atoms with Crippen LogP contribution in [0.15, 0.2) is 6.20 Å². The maximum Gasteiger partial charge on any atom is 0.407 e. The Morgan fingerprint density at radius 3 is 2.89 bits per heavy atom. The number of rotatable bonds is 6. The van der Waals surface area contributed by atoms with Crippen LogP contribution in [0.2, 0.25) is 0 Å². The summed E-state index contributed by atoms with van der Waals surface area (Å²) in [5, 5.41) is 19.3. The summed E-state index contributed by atoms with van der Waals surface area (Å²) < 4.78 is 6.81. The summed E-state index contributed by atoms with van der Waals surface area (Å²) in [6, 6.07) is 0. The molecule has 0 aliphatic heterocycles. The van der Waals surface area contributed by atoms with Crippen LogP contribution >= 0.6 is 0 Å². The van der Waals surface area contributed by atoms with Crippen molar-refractivity contribution in [2.75, 3.05) is 13.2 Å². The first-order chi connectivity index (χ1) is 8.90. The van der Waals surface area contributed by atoms with Gasteiger partial charge in [-0.05, 0) is 27.2 Å². The van der Waals surface area contributed by atoms with Gasteiger partial charge in [-0.3, -0.25) is 4.68 Å². The fourth-order valence-electron chi connectivity index (χ4n) is 1.42. The Hall–Kier alpha value is -1.63. The van der Waals surface area contributed by atoms with Gasteiger partial charge in [-0.15, -0.1) is 5.10 Å². The lowest BCUT2D eigenvalue weighted by atomic mass is 10.2. The molecule has 1 heterocycles. The minimum atomic E-state index is -0.477. The summed E-state index contributed by atoms with van der Waals surface area (Å²) >= 11 is 0. The van der Waals surface area contributed by atoms with E-state index in [4.69, 9.17) is 9.84 Å². The third-order valence-corrected chi connectivity index (χ3v) is 2.19. The Labute approximate surface area is 112 Å². The molecule has 0 saturated carbocycles. The molecule has 2 N–H and O–H groups in total. The zero-order chi connectivity index (χ0) is 14.3. The molecule has 0 saturated heterocycles. The minimum Gasteiger partial charge on any atom is -0.444 e. The molecule has 0 atom stereocenters. The monoisotopic (exact) mass is 270 g/mol. The van der Waals surface area contributed by atoms with Crippen LogP contribution < -0.4 is 5.32 Å². The number of aryl methyl sites for hydroxylation is 1. The maximum absolute atomic E-state index is 11.4. The molecule has 0 fully saturated rings. The van der Waals surface area contributed by atoms with Crippen LogP contribution in [0.3, 0.4) is 0 Å². The lowest BCUT2D eigenvalue weighted by molar-refractivity contribution is 0.0526. The molecule has 1 amide bonds. The van der Waals surface area contributed by atoms with Gasteiger partial charge in [0.15, 0.2) is 0 Å². The molecule has 1 rings (SSSR count). The summed E-state index contributed by atoms with van der Waals surface area (Å²) in [5.41, 5.74) is 0.289. The summed E-state index contributed by atoms with van der Waals surface area (Å²) in [7, 11) is 0. The van der Waals surface area contributed by atoms with Crippen LogP contribution in [0.5, 0.6) is 0 Å². The van der Waals surface area contributed by atoms with E-state index in [0.29, 0.717) is 19.5 Å². The Morgan fingerprint density at radius 2 is 2.26 bits per heavy atom. The molecular formula is C12H22N4O3. The van der Waals surface area contributed by atoms with Gasteiger partial charge in [0.2, 0.25) is 0 Å². The van der Waals surface area contributed by atoms with Crippen molar-refractivity contribution in [3.05, 3.63) is 11.9 Å². The van der Waals surface area contributed by atoms with Crippen molar-refractivity contribution in [1.29, 1.82) is 0 Å². The van der Waals surface area contributed by atoms with Gasteiger partial charge in [-0.25, -0.2) is 4.79 Å². The van der Waals surface area contributed by atoms with Crippen LogP contribution in [-0.4, -0.2) is 44.9 Å². The lowest BCUT2D eigenvalue weighted by Crippen LogP contribution is -2.33. The number of hydrogen-bond acceptors (Lipinski definition) is 5. The Kier molecular flexibility index (Phi) is 5.75. The van der Waals surface area contributed by atoms with Crippen LogP contribution in [0.4, 0.5) is 4.79 Å². The van der Waals surface area contributed by atoms with Crippen LogP contribution in [0, 0.1) is 0 Å². The number of alkyl carbamates (subject to hydrolysis) is 1. The fraction of sp³-hybridized carbons (Fsp3) is 0.750. The third-order valence-electron chi connectivity index (χ3n) is 2.19. The highest BCUT2D eigenvalue weighted by molar-refractivity contribution is 5.67. The van der Waals surface area contributed by atoms with Crippen molar-refractivity contribution in [1.82, 2.24) is 20.3 Å². The molecule has 19 heavy (non-hydrogen) atoms. The number of nitrogens with zero attached hydrogens (tertiary/aromatic N) is 3. The molecule has 7 heteroatoms. The first-order valence-electron chi connectivity index (χ1n) is 6.37. The Morgan fingerprint density at radius 1 is 1.53 bits per heavy atom. The number of aromatic nitrogens is 3. The van der Waals surface area contributed by atoms with Gasteiger partial charge in [0, 0.05) is 32.3 Å². The van der Waals surface area contributed by atoms with Gasteiger partial charge in [0.1, 0.15) is 5.60 Å². The van der Waals surface area contributed by atoms with E-state index in [1.165, 1.54) is 0 Å². The second-order valence-corrected chi connectivity index (χ2v) is 5.23. The molecule has 108 valence electrons. The molecule has 7 nitrogen and oxygen atoms in total. The fourth-order valence-corrected chi connectivity index (χ4v) is 1.42. The van der Waals surface area contributed by atoms with E-state index >= 15 is 0 Å². The molecule has 0 radical (unpaired) electrons. The predicted molar refractivity (Wildman–Crippen MR) is 69.7 cm³/mol. The number of ether oxygens (including phenoxy) is 1. The third kappa shape index (κ3) is 6.76. The molecule has 1 aromatic heterocycles. The molecule has 0 unspecified atom stereocenters. The number of carbonyl (C=O) groups excluding carboxylic acids is 1. The van der Waals surface area contributed by atoms with Gasteiger partial charge < -0.3 is 15.2 Å². The van der Waals surface area contributed by atoms with Gasteiger partial charge in [0.05, 0.1) is 5.69 Å². The molecule has 0 spiro atoms. The molecule has 0 bridgehead atoms. The largest absolute Gasteiger partial charge is 0.444 e. The number of amides is 1.